The lowest BCUT2D eigenvalue weighted by Gasteiger charge is -2.03. The van der Waals surface area contributed by atoms with Gasteiger partial charge in [0.1, 0.15) is 0 Å². The van der Waals surface area contributed by atoms with Crippen molar-refractivity contribution < 1.29 is 14.6 Å². The van der Waals surface area contributed by atoms with E-state index < -0.39 is 5.97 Å². The fourth-order valence-electron chi connectivity index (χ4n) is 1.04. The van der Waals surface area contributed by atoms with E-state index in [9.17, 15) is 4.79 Å². The highest BCUT2D eigenvalue weighted by atomic mass is 16.5. The van der Waals surface area contributed by atoms with Crippen LogP contribution in [0.2, 0.25) is 0 Å². The Morgan fingerprint density at radius 3 is 2.79 bits per heavy atom. The van der Waals surface area contributed by atoms with Gasteiger partial charge in [0.05, 0.1) is 18.4 Å². The van der Waals surface area contributed by atoms with E-state index >= 15 is 0 Å². The largest absolute Gasteiger partial charge is 0.481 e. The second kappa shape index (κ2) is 4.41. The maximum absolute atomic E-state index is 10.8. The Bertz CT molecular complexity index is 372. The summed E-state index contributed by atoms with van der Waals surface area (Å²) in [6, 6.07) is 3.00. The third-order valence-corrected chi connectivity index (χ3v) is 1.66. The highest BCUT2D eigenvalue weighted by molar-refractivity contribution is 5.91. The molecule has 0 aliphatic rings. The fraction of sp³-hybridized carbons (Fsp3) is 0.200. The Morgan fingerprint density at radius 2 is 2.29 bits per heavy atom. The van der Waals surface area contributed by atoms with Crippen molar-refractivity contribution in [3.63, 3.8) is 0 Å². The number of hydrogen-bond acceptors (Lipinski definition) is 3. The topological polar surface area (TPSA) is 59.4 Å². The maximum Gasteiger partial charge on any atom is 0.337 e. The zero-order valence-corrected chi connectivity index (χ0v) is 8.02. The van der Waals surface area contributed by atoms with Crippen molar-refractivity contribution in [3.05, 3.63) is 29.5 Å². The van der Waals surface area contributed by atoms with Gasteiger partial charge >= 0.3 is 5.97 Å². The number of nitrogens with zero attached hydrogens (tertiary/aromatic N) is 1. The van der Waals surface area contributed by atoms with Crippen molar-refractivity contribution in [3.8, 4) is 5.88 Å². The van der Waals surface area contributed by atoms with Crippen LogP contribution in [0, 0.1) is 0 Å². The minimum absolute atomic E-state index is 0.170. The third kappa shape index (κ3) is 2.10. The summed E-state index contributed by atoms with van der Waals surface area (Å²) in [5, 5.41) is 8.84. The Morgan fingerprint density at radius 1 is 1.57 bits per heavy atom. The number of rotatable bonds is 3. The molecule has 1 rings (SSSR count). The first-order valence-electron chi connectivity index (χ1n) is 4.10. The van der Waals surface area contributed by atoms with Crippen LogP contribution < -0.4 is 4.74 Å². The normalized spacial score (nSPS) is 10.4. The lowest BCUT2D eigenvalue weighted by atomic mass is 10.2. The second-order valence-electron chi connectivity index (χ2n) is 2.59. The molecule has 1 aromatic rings. The number of allylic oxidation sites excluding steroid dienone is 1. The van der Waals surface area contributed by atoms with E-state index in [1.807, 2.05) is 0 Å². The molecule has 4 nitrogen and oxygen atoms in total. The Balaban J connectivity index is 3.23. The molecular formula is C10H11NO3. The summed E-state index contributed by atoms with van der Waals surface area (Å²) in [4.78, 5) is 14.8. The van der Waals surface area contributed by atoms with Gasteiger partial charge in [-0.2, -0.15) is 0 Å². The molecule has 0 aliphatic heterocycles. The first kappa shape index (κ1) is 10.2. The predicted molar refractivity (Wildman–Crippen MR) is 52.5 cm³/mol. The number of carbonyl (C=O) groups is 1. The summed E-state index contributed by atoms with van der Waals surface area (Å²) in [5.74, 6) is -0.587. The molecule has 1 aromatic heterocycles. The first-order valence-corrected chi connectivity index (χ1v) is 4.10. The number of pyridine rings is 1. The van der Waals surface area contributed by atoms with Gasteiger partial charge in [0.2, 0.25) is 5.88 Å². The van der Waals surface area contributed by atoms with E-state index in [2.05, 4.69) is 4.98 Å². The minimum atomic E-state index is -0.992. The lowest BCUT2D eigenvalue weighted by molar-refractivity contribution is 0.0696. The second-order valence-corrected chi connectivity index (χ2v) is 2.59. The summed E-state index contributed by atoms with van der Waals surface area (Å²) >= 11 is 0. The minimum Gasteiger partial charge on any atom is -0.481 e. The number of aromatic nitrogens is 1. The van der Waals surface area contributed by atoms with Crippen LogP contribution in [0.3, 0.4) is 0 Å². The van der Waals surface area contributed by atoms with Gasteiger partial charge in [-0.25, -0.2) is 9.78 Å². The maximum atomic E-state index is 10.8. The predicted octanol–water partition coefficient (Wildman–Crippen LogP) is 1.82. The van der Waals surface area contributed by atoms with Gasteiger partial charge in [-0.15, -0.1) is 0 Å². The SMILES string of the molecule is CC=Cc1nc(OC)ccc1C(=O)O. The van der Waals surface area contributed by atoms with Crippen LogP contribution in [0.1, 0.15) is 23.0 Å². The molecule has 0 saturated carbocycles. The Kier molecular flexibility index (Phi) is 3.23. The van der Waals surface area contributed by atoms with Gasteiger partial charge < -0.3 is 9.84 Å². The third-order valence-electron chi connectivity index (χ3n) is 1.66. The van der Waals surface area contributed by atoms with Crippen molar-refractivity contribution in [1.82, 2.24) is 4.98 Å². The molecule has 0 aliphatic carbocycles. The number of carboxylic acid groups (broad SMARTS) is 1. The van der Waals surface area contributed by atoms with E-state index in [0.717, 1.165) is 0 Å². The molecular weight excluding hydrogens is 182 g/mol. The zero-order chi connectivity index (χ0) is 10.6. The monoisotopic (exact) mass is 193 g/mol. The molecule has 0 aromatic carbocycles. The van der Waals surface area contributed by atoms with E-state index in [1.165, 1.54) is 19.2 Å². The smallest absolute Gasteiger partial charge is 0.337 e. The van der Waals surface area contributed by atoms with E-state index in [0.29, 0.717) is 11.6 Å². The average molecular weight is 193 g/mol. The van der Waals surface area contributed by atoms with Crippen LogP contribution in [0.15, 0.2) is 18.2 Å². The summed E-state index contributed by atoms with van der Waals surface area (Å²) in [6.45, 7) is 1.80. The zero-order valence-electron chi connectivity index (χ0n) is 8.02. The van der Waals surface area contributed by atoms with E-state index in [4.69, 9.17) is 9.84 Å². The molecule has 14 heavy (non-hydrogen) atoms. The summed E-state index contributed by atoms with van der Waals surface area (Å²) < 4.78 is 4.90. The highest BCUT2D eigenvalue weighted by Gasteiger charge is 2.09. The van der Waals surface area contributed by atoms with Crippen LogP contribution in [0.25, 0.3) is 6.08 Å². The molecule has 0 radical (unpaired) electrons. The van der Waals surface area contributed by atoms with Gasteiger partial charge in [-0.1, -0.05) is 6.08 Å². The quantitative estimate of drug-likeness (QED) is 0.795. The summed E-state index contributed by atoms with van der Waals surface area (Å²) in [5.41, 5.74) is 0.572. The van der Waals surface area contributed by atoms with Gasteiger partial charge in [-0.3, -0.25) is 0 Å². The van der Waals surface area contributed by atoms with Gasteiger partial charge in [0.25, 0.3) is 0 Å². The Labute approximate surface area is 81.9 Å². The number of aromatic carboxylic acids is 1. The fourth-order valence-corrected chi connectivity index (χ4v) is 1.04. The molecule has 1 heterocycles. The van der Waals surface area contributed by atoms with Crippen LogP contribution in [0.4, 0.5) is 0 Å². The molecule has 0 amide bonds. The molecule has 74 valence electrons. The first-order chi connectivity index (χ1) is 6.69. The summed E-state index contributed by atoms with van der Waals surface area (Å²) in [7, 11) is 1.49. The highest BCUT2D eigenvalue weighted by Crippen LogP contribution is 2.14. The molecule has 1 N–H and O–H groups in total. The van der Waals surface area contributed by atoms with Crippen molar-refractivity contribution >= 4 is 12.0 Å². The molecule has 0 bridgehead atoms. The number of hydrogen-bond donors (Lipinski definition) is 1. The van der Waals surface area contributed by atoms with Crippen LogP contribution in [-0.4, -0.2) is 23.2 Å². The van der Waals surface area contributed by atoms with Crippen molar-refractivity contribution in [2.45, 2.75) is 6.92 Å². The standard InChI is InChI=1S/C10H11NO3/c1-3-4-8-7(10(12)13)5-6-9(11-8)14-2/h3-6H,1-2H3,(H,12,13). The van der Waals surface area contributed by atoms with Crippen molar-refractivity contribution in [2.75, 3.05) is 7.11 Å². The molecule has 0 spiro atoms. The summed E-state index contributed by atoms with van der Waals surface area (Å²) in [6.07, 6.45) is 3.36. The van der Waals surface area contributed by atoms with E-state index in [-0.39, 0.29) is 5.56 Å². The molecule has 0 saturated heterocycles. The van der Waals surface area contributed by atoms with Gasteiger partial charge in [-0.05, 0) is 19.1 Å². The lowest BCUT2D eigenvalue weighted by Crippen LogP contribution is -2.02. The number of ether oxygens (including phenoxy) is 1. The van der Waals surface area contributed by atoms with E-state index in [1.54, 1.807) is 19.1 Å². The molecule has 0 atom stereocenters. The molecule has 4 heteroatoms. The van der Waals surface area contributed by atoms with Crippen molar-refractivity contribution in [2.24, 2.45) is 0 Å². The number of methoxy groups -OCH3 is 1. The van der Waals surface area contributed by atoms with Crippen LogP contribution >= 0.6 is 0 Å². The Hall–Kier alpha value is -1.84. The van der Waals surface area contributed by atoms with Crippen LogP contribution in [0.5, 0.6) is 5.88 Å². The van der Waals surface area contributed by atoms with Gasteiger partial charge in [0, 0.05) is 6.07 Å². The number of carboxylic acids is 1. The van der Waals surface area contributed by atoms with Crippen molar-refractivity contribution in [1.29, 1.82) is 0 Å². The van der Waals surface area contributed by atoms with Gasteiger partial charge in [0.15, 0.2) is 0 Å². The van der Waals surface area contributed by atoms with Crippen LogP contribution in [-0.2, 0) is 0 Å². The average Bonchev–Trinajstić information content (AvgIpc) is 2.17. The molecule has 0 unspecified atom stereocenters. The molecule has 0 fully saturated rings.